The molecule has 0 aliphatic heterocycles. The molecule has 0 atom stereocenters. The molecule has 4 heteroatoms. The third kappa shape index (κ3) is 4.18. The van der Waals surface area contributed by atoms with Crippen LogP contribution in [0.5, 0.6) is 0 Å². The second-order valence-electron chi connectivity index (χ2n) is 11.5. The van der Waals surface area contributed by atoms with E-state index in [1.807, 2.05) is 84.9 Å². The Morgan fingerprint density at radius 1 is 0.609 bits per heavy atom. The smallest absolute Gasteiger partial charge is 0.147 e. The van der Waals surface area contributed by atoms with Crippen molar-refractivity contribution in [3.05, 3.63) is 157 Å². The summed E-state index contributed by atoms with van der Waals surface area (Å²) in [6.45, 7) is -2.14. The molecule has 0 aliphatic carbocycles. The van der Waals surface area contributed by atoms with Crippen molar-refractivity contribution in [1.29, 1.82) is 0 Å². The number of nitrogens with zero attached hydrogens (tertiary/aromatic N) is 2. The number of imidazole rings is 1. The number of hydrogen-bond donors (Lipinski definition) is 0. The van der Waals surface area contributed by atoms with Crippen LogP contribution in [0.15, 0.2) is 146 Å². The highest BCUT2D eigenvalue weighted by Gasteiger charge is 2.23. The summed E-state index contributed by atoms with van der Waals surface area (Å²) in [5.74, 6) is 0.521. The Balaban J connectivity index is 1.30. The first-order chi connectivity index (χ1) is 23.8. The molecule has 218 valence electrons. The van der Waals surface area contributed by atoms with E-state index < -0.39 is 6.85 Å². The number of para-hydroxylation sites is 2. The summed E-state index contributed by atoms with van der Waals surface area (Å²) in [4.78, 5) is 5.27. The van der Waals surface area contributed by atoms with Crippen molar-refractivity contribution in [2.24, 2.45) is 0 Å². The minimum atomic E-state index is -2.14. The maximum Gasteiger partial charge on any atom is 0.147 e. The van der Waals surface area contributed by atoms with Crippen LogP contribution in [0.1, 0.15) is 9.68 Å². The summed E-state index contributed by atoms with van der Waals surface area (Å²) >= 11 is 1.72. The van der Waals surface area contributed by atoms with Gasteiger partial charge in [-0.15, -0.1) is 11.3 Å². The summed E-state index contributed by atoms with van der Waals surface area (Å²) in [6, 6.07) is 47.3. The molecule has 0 fully saturated rings. The Bertz CT molecular complexity index is 2710. The number of aromatic nitrogens is 2. The zero-order valence-electron chi connectivity index (χ0n) is 27.5. The lowest BCUT2D eigenvalue weighted by Gasteiger charge is -2.18. The third-order valence-corrected chi connectivity index (χ3v) is 9.99. The van der Waals surface area contributed by atoms with Gasteiger partial charge in [0, 0.05) is 46.2 Å². The molecule has 2 aromatic heterocycles. The molecule has 2 nitrogen and oxygen atoms in total. The number of aryl methyl sites for hydroxylation is 1. The summed E-state index contributed by atoms with van der Waals surface area (Å²) in [6.07, 6.45) is 0. The molecule has 0 spiro atoms. The Labute approximate surface area is 273 Å². The lowest BCUT2D eigenvalue weighted by atomic mass is 9.97. The van der Waals surface area contributed by atoms with Gasteiger partial charge in [-0.3, -0.25) is 4.57 Å². The van der Waals surface area contributed by atoms with E-state index in [1.165, 1.54) is 0 Å². The minimum Gasteiger partial charge on any atom is -0.291 e. The van der Waals surface area contributed by atoms with Gasteiger partial charge in [-0.05, 0) is 53.9 Å². The van der Waals surface area contributed by atoms with Gasteiger partial charge >= 0.3 is 0 Å². The first kappa shape index (κ1) is 23.8. The second kappa shape index (κ2) is 10.5. The quantitative estimate of drug-likeness (QED) is 0.193. The van der Waals surface area contributed by atoms with Gasteiger partial charge in [0.25, 0.3) is 0 Å². The van der Waals surface area contributed by atoms with Gasteiger partial charge in [-0.2, -0.15) is 0 Å². The highest BCUT2D eigenvalue weighted by atomic mass is 32.1. The van der Waals surface area contributed by atoms with Gasteiger partial charge in [0.15, 0.2) is 0 Å². The van der Waals surface area contributed by atoms with Crippen LogP contribution in [-0.2, 0) is 0 Å². The molecule has 9 rings (SSSR count). The van der Waals surface area contributed by atoms with Gasteiger partial charge in [-0.25, -0.2) is 9.37 Å². The van der Waals surface area contributed by atoms with E-state index in [1.54, 1.807) is 29.5 Å². The van der Waals surface area contributed by atoms with Crippen LogP contribution in [0.3, 0.4) is 0 Å². The molecule has 7 aromatic carbocycles. The molecule has 9 aromatic rings. The number of halogens is 1. The normalized spacial score (nSPS) is 12.9. The molecular formula is C42H27FN2S. The standard InChI is InChI=1S/C42H27FN2S/c1-26-18-20-27(21-19-26)29-22-23-31-33-14-9-15-34(41(33)46-39(31)24-29)42-44-37-16-7-8-17-38(37)45(42)40-32-13-6-5-12-30(32)36(43)25-35(40)28-10-3-2-4-11-28/h2-25H,1H3/i1D3. The Kier molecular flexibility index (Phi) is 5.43. The SMILES string of the molecule is [2H]C([2H])([2H])c1ccc(-c2ccc3c(c2)sc2c(-c4nc5ccccc5n4-c4c(-c5ccccc5)cc(F)c5ccccc45)cccc23)cc1. The van der Waals surface area contributed by atoms with E-state index >= 15 is 4.39 Å². The summed E-state index contributed by atoms with van der Waals surface area (Å²) in [5.41, 5.74) is 7.69. The van der Waals surface area contributed by atoms with Gasteiger partial charge < -0.3 is 0 Å². The lowest BCUT2D eigenvalue weighted by molar-refractivity contribution is 0.640. The number of fused-ring (bicyclic) bond motifs is 5. The predicted molar refractivity (Wildman–Crippen MR) is 192 cm³/mol. The highest BCUT2D eigenvalue weighted by Crippen LogP contribution is 2.44. The third-order valence-electron chi connectivity index (χ3n) is 8.79. The largest absolute Gasteiger partial charge is 0.291 e. The van der Waals surface area contributed by atoms with Gasteiger partial charge in [0.05, 0.1) is 16.7 Å². The molecule has 2 heterocycles. The van der Waals surface area contributed by atoms with E-state index in [9.17, 15) is 0 Å². The Morgan fingerprint density at radius 3 is 2.20 bits per heavy atom. The van der Waals surface area contributed by atoms with Crippen molar-refractivity contribution in [2.75, 3.05) is 0 Å². The van der Waals surface area contributed by atoms with Crippen LogP contribution >= 0.6 is 11.3 Å². The molecule has 46 heavy (non-hydrogen) atoms. The number of hydrogen-bond acceptors (Lipinski definition) is 2. The summed E-state index contributed by atoms with van der Waals surface area (Å²) in [7, 11) is 0. The lowest BCUT2D eigenvalue weighted by Crippen LogP contribution is -2.03. The molecule has 0 aliphatic rings. The monoisotopic (exact) mass is 613 g/mol. The van der Waals surface area contributed by atoms with Crippen LogP contribution < -0.4 is 0 Å². The predicted octanol–water partition coefficient (Wildman–Crippen LogP) is 12.0. The Morgan fingerprint density at radius 2 is 1.35 bits per heavy atom. The fourth-order valence-electron chi connectivity index (χ4n) is 6.64. The van der Waals surface area contributed by atoms with E-state index in [2.05, 4.69) is 47.0 Å². The zero-order chi connectivity index (χ0) is 33.3. The second-order valence-corrected chi connectivity index (χ2v) is 12.6. The maximum atomic E-state index is 15.8. The number of rotatable bonds is 4. The fraction of sp³-hybridized carbons (Fsp3) is 0.0238. The van der Waals surface area contributed by atoms with Gasteiger partial charge in [-0.1, -0.05) is 121 Å². The summed E-state index contributed by atoms with van der Waals surface area (Å²) < 4.78 is 43.4. The molecule has 0 radical (unpaired) electrons. The van der Waals surface area contributed by atoms with Gasteiger partial charge in [0.1, 0.15) is 11.6 Å². The number of thiophene rings is 1. The van der Waals surface area contributed by atoms with E-state index in [-0.39, 0.29) is 5.82 Å². The van der Waals surface area contributed by atoms with Crippen molar-refractivity contribution in [3.8, 4) is 39.3 Å². The van der Waals surface area contributed by atoms with Crippen molar-refractivity contribution in [2.45, 2.75) is 6.85 Å². The van der Waals surface area contributed by atoms with E-state index in [0.717, 1.165) is 75.9 Å². The Hall–Kier alpha value is -5.58. The molecule has 0 N–H and O–H groups in total. The van der Waals surface area contributed by atoms with Crippen molar-refractivity contribution in [1.82, 2.24) is 9.55 Å². The molecule has 0 saturated carbocycles. The molecular weight excluding hydrogens is 584 g/mol. The first-order valence-electron chi connectivity index (χ1n) is 16.7. The minimum absolute atomic E-state index is 0.264. The van der Waals surface area contributed by atoms with Crippen molar-refractivity contribution < 1.29 is 8.50 Å². The highest BCUT2D eigenvalue weighted by molar-refractivity contribution is 7.26. The average Bonchev–Trinajstić information content (AvgIpc) is 3.70. The first-order valence-corrected chi connectivity index (χ1v) is 16.0. The zero-order valence-corrected chi connectivity index (χ0v) is 25.4. The molecule has 0 saturated heterocycles. The molecule has 0 unspecified atom stereocenters. The molecule has 0 bridgehead atoms. The average molecular weight is 614 g/mol. The van der Waals surface area contributed by atoms with Crippen LogP contribution in [0, 0.1) is 12.7 Å². The van der Waals surface area contributed by atoms with Crippen molar-refractivity contribution >= 4 is 53.3 Å². The van der Waals surface area contributed by atoms with Crippen molar-refractivity contribution in [3.63, 3.8) is 0 Å². The van der Waals surface area contributed by atoms with Crippen LogP contribution in [-0.4, -0.2) is 9.55 Å². The van der Waals surface area contributed by atoms with E-state index in [0.29, 0.717) is 10.9 Å². The number of benzene rings is 7. The van der Waals surface area contributed by atoms with Gasteiger partial charge in [0.2, 0.25) is 0 Å². The van der Waals surface area contributed by atoms with Crippen LogP contribution in [0.4, 0.5) is 4.39 Å². The topological polar surface area (TPSA) is 17.8 Å². The van der Waals surface area contributed by atoms with E-state index in [4.69, 9.17) is 9.10 Å². The fourth-order valence-corrected chi connectivity index (χ4v) is 7.90. The van der Waals surface area contributed by atoms with Crippen LogP contribution in [0.25, 0.3) is 81.3 Å². The molecule has 0 amide bonds. The maximum absolute atomic E-state index is 15.8. The summed E-state index contributed by atoms with van der Waals surface area (Å²) in [5, 5.41) is 3.64. The van der Waals surface area contributed by atoms with Crippen LogP contribution in [0.2, 0.25) is 0 Å².